The lowest BCUT2D eigenvalue weighted by molar-refractivity contribution is -0.121. The summed E-state index contributed by atoms with van der Waals surface area (Å²) in [6.45, 7) is 3.84. The number of amides is 2. The summed E-state index contributed by atoms with van der Waals surface area (Å²) in [5.74, 6) is -0.544. The first-order valence-corrected chi connectivity index (χ1v) is 9.27. The molecule has 6 nitrogen and oxygen atoms in total. The average molecular weight is 378 g/mol. The Labute approximate surface area is 161 Å². The Kier molecular flexibility index (Phi) is 5.57. The van der Waals surface area contributed by atoms with Crippen molar-refractivity contribution in [2.45, 2.75) is 25.5 Å². The minimum atomic E-state index is -0.624. The third-order valence-electron chi connectivity index (χ3n) is 4.10. The zero-order valence-electron chi connectivity index (χ0n) is 15.0. The van der Waals surface area contributed by atoms with Gasteiger partial charge in [-0.25, -0.2) is 9.89 Å². The predicted octanol–water partition coefficient (Wildman–Crippen LogP) is 3.43. The summed E-state index contributed by atoms with van der Waals surface area (Å²) < 4.78 is 0. The fraction of sp³-hybridized carbons (Fsp3) is 0.200. The molecule has 0 aliphatic carbocycles. The molecule has 2 aromatic carbocycles. The van der Waals surface area contributed by atoms with E-state index in [0.29, 0.717) is 11.4 Å². The van der Waals surface area contributed by atoms with Crippen molar-refractivity contribution in [1.82, 2.24) is 5.32 Å². The van der Waals surface area contributed by atoms with Crippen molar-refractivity contribution in [3.05, 3.63) is 59.7 Å². The number of imide groups is 1. The maximum Gasteiger partial charge on any atom is 0.247 e. The first kappa shape index (κ1) is 18.7. The van der Waals surface area contributed by atoms with Crippen molar-refractivity contribution in [3.8, 4) is 6.19 Å². The molecule has 3 rings (SSSR count). The number of para-hydroxylation sites is 1. The number of aryl methyl sites for hydroxylation is 2. The SMILES string of the molecule is Cc1ccc(N2C(=O)CC(SC(=Nc3ccccc3)NC#N)C2=O)c(C)c1. The summed E-state index contributed by atoms with van der Waals surface area (Å²) in [6.07, 6.45) is 1.90. The van der Waals surface area contributed by atoms with Gasteiger partial charge in [0, 0.05) is 6.42 Å². The quantitative estimate of drug-likeness (QED) is 0.291. The number of carbonyl (C=O) groups excluding carboxylic acids is 2. The van der Waals surface area contributed by atoms with Crippen molar-refractivity contribution in [2.75, 3.05) is 4.90 Å². The Hall–Kier alpha value is -3.11. The predicted molar refractivity (Wildman–Crippen MR) is 107 cm³/mol. The van der Waals surface area contributed by atoms with Crippen LogP contribution in [0.1, 0.15) is 17.5 Å². The second kappa shape index (κ2) is 8.06. The van der Waals surface area contributed by atoms with Gasteiger partial charge in [-0.3, -0.25) is 14.9 Å². The van der Waals surface area contributed by atoms with Gasteiger partial charge in [0.2, 0.25) is 11.8 Å². The molecular formula is C20H18N4O2S. The fourth-order valence-electron chi connectivity index (χ4n) is 2.89. The Balaban J connectivity index is 1.83. The minimum absolute atomic E-state index is 0.0672. The van der Waals surface area contributed by atoms with E-state index in [2.05, 4.69) is 10.3 Å². The lowest BCUT2D eigenvalue weighted by Crippen LogP contribution is -2.32. The number of carbonyl (C=O) groups is 2. The molecule has 1 aliphatic rings. The van der Waals surface area contributed by atoms with Crippen LogP contribution >= 0.6 is 11.8 Å². The third-order valence-corrected chi connectivity index (χ3v) is 5.17. The number of amidine groups is 1. The maximum absolute atomic E-state index is 12.9. The zero-order valence-corrected chi connectivity index (χ0v) is 15.8. The van der Waals surface area contributed by atoms with Crippen LogP contribution in [0.2, 0.25) is 0 Å². The first-order valence-electron chi connectivity index (χ1n) is 8.39. The average Bonchev–Trinajstić information content (AvgIpc) is 2.90. The smallest absolute Gasteiger partial charge is 0.247 e. The van der Waals surface area contributed by atoms with Gasteiger partial charge in [-0.1, -0.05) is 47.7 Å². The van der Waals surface area contributed by atoms with Gasteiger partial charge in [-0.2, -0.15) is 5.26 Å². The Bertz CT molecular complexity index is 950. The summed E-state index contributed by atoms with van der Waals surface area (Å²) in [5, 5.41) is 11.2. The van der Waals surface area contributed by atoms with E-state index in [9.17, 15) is 9.59 Å². The molecule has 2 aromatic rings. The van der Waals surface area contributed by atoms with Gasteiger partial charge in [0.05, 0.1) is 11.4 Å². The number of anilines is 1. The number of benzene rings is 2. The zero-order chi connectivity index (χ0) is 19.4. The highest BCUT2D eigenvalue weighted by Gasteiger charge is 2.41. The van der Waals surface area contributed by atoms with Crippen LogP contribution < -0.4 is 10.2 Å². The molecule has 136 valence electrons. The van der Waals surface area contributed by atoms with Gasteiger partial charge in [0.15, 0.2) is 11.4 Å². The number of thioether (sulfide) groups is 1. The minimum Gasteiger partial charge on any atom is -0.274 e. The largest absolute Gasteiger partial charge is 0.274 e. The standard InChI is InChI=1S/C20H18N4O2S/c1-13-8-9-16(14(2)10-13)24-18(25)11-17(19(24)26)27-20(22-12-21)23-15-6-4-3-5-7-15/h3-10,17H,11H2,1-2H3,(H,22,23). The number of aliphatic imine (C=N–C) groups is 1. The summed E-state index contributed by atoms with van der Waals surface area (Å²) in [6, 6.07) is 14.7. The molecule has 1 unspecified atom stereocenters. The van der Waals surface area contributed by atoms with E-state index >= 15 is 0 Å². The van der Waals surface area contributed by atoms with Crippen molar-refractivity contribution >= 4 is 40.1 Å². The van der Waals surface area contributed by atoms with Gasteiger partial charge in [-0.15, -0.1) is 0 Å². The van der Waals surface area contributed by atoms with E-state index in [-0.39, 0.29) is 23.4 Å². The van der Waals surface area contributed by atoms with Crippen LogP contribution in [0.25, 0.3) is 0 Å². The number of hydrogen-bond donors (Lipinski definition) is 1. The molecule has 0 saturated carbocycles. The van der Waals surface area contributed by atoms with Crippen LogP contribution in [0.3, 0.4) is 0 Å². The molecule has 2 amide bonds. The van der Waals surface area contributed by atoms with E-state index in [1.54, 1.807) is 18.2 Å². The lowest BCUT2D eigenvalue weighted by Gasteiger charge is -2.17. The highest BCUT2D eigenvalue weighted by Crippen LogP contribution is 2.32. The molecule has 1 fully saturated rings. The molecular weight excluding hydrogens is 360 g/mol. The van der Waals surface area contributed by atoms with Gasteiger partial charge in [0.25, 0.3) is 0 Å². The van der Waals surface area contributed by atoms with Crippen molar-refractivity contribution in [1.29, 1.82) is 5.26 Å². The number of hydrogen-bond acceptors (Lipinski definition) is 5. The second-order valence-corrected chi connectivity index (χ2v) is 7.35. The number of nitrogens with zero attached hydrogens (tertiary/aromatic N) is 3. The third kappa shape index (κ3) is 4.18. The topological polar surface area (TPSA) is 85.6 Å². The van der Waals surface area contributed by atoms with Gasteiger partial charge in [-0.05, 0) is 37.6 Å². The van der Waals surface area contributed by atoms with Crippen LogP contribution in [0.4, 0.5) is 11.4 Å². The number of nitriles is 1. The molecule has 1 aliphatic heterocycles. The molecule has 0 bridgehead atoms. The molecule has 1 N–H and O–H groups in total. The van der Waals surface area contributed by atoms with Gasteiger partial charge < -0.3 is 0 Å². The van der Waals surface area contributed by atoms with Crippen molar-refractivity contribution in [2.24, 2.45) is 4.99 Å². The van der Waals surface area contributed by atoms with Crippen LogP contribution in [0, 0.1) is 25.3 Å². The molecule has 1 saturated heterocycles. The molecule has 1 atom stereocenters. The molecule has 0 aromatic heterocycles. The maximum atomic E-state index is 12.9. The Morgan fingerprint density at radius 3 is 2.63 bits per heavy atom. The molecule has 7 heteroatoms. The van der Waals surface area contributed by atoms with Crippen molar-refractivity contribution < 1.29 is 9.59 Å². The highest BCUT2D eigenvalue weighted by atomic mass is 32.2. The lowest BCUT2D eigenvalue weighted by atomic mass is 10.1. The summed E-state index contributed by atoms with van der Waals surface area (Å²) in [7, 11) is 0. The van der Waals surface area contributed by atoms with Crippen LogP contribution in [0.15, 0.2) is 53.5 Å². The second-order valence-electron chi connectivity index (χ2n) is 6.16. The number of nitrogens with one attached hydrogen (secondary N) is 1. The normalized spacial score (nSPS) is 17.1. The molecule has 27 heavy (non-hydrogen) atoms. The number of rotatable bonds is 3. The highest BCUT2D eigenvalue weighted by molar-refractivity contribution is 8.15. The van der Waals surface area contributed by atoms with Crippen molar-refractivity contribution in [3.63, 3.8) is 0 Å². The fourth-order valence-corrected chi connectivity index (χ4v) is 3.86. The van der Waals surface area contributed by atoms with E-state index in [0.717, 1.165) is 22.9 Å². The van der Waals surface area contributed by atoms with Crippen LogP contribution in [0.5, 0.6) is 0 Å². The van der Waals surface area contributed by atoms with Gasteiger partial charge in [0.1, 0.15) is 5.25 Å². The van der Waals surface area contributed by atoms with Crippen LogP contribution in [-0.2, 0) is 9.59 Å². The first-order chi connectivity index (χ1) is 13.0. The van der Waals surface area contributed by atoms with Crippen LogP contribution in [-0.4, -0.2) is 22.2 Å². The summed E-state index contributed by atoms with van der Waals surface area (Å²) >= 11 is 1.10. The van der Waals surface area contributed by atoms with E-state index in [4.69, 9.17) is 5.26 Å². The van der Waals surface area contributed by atoms with E-state index in [1.165, 1.54) is 4.90 Å². The molecule has 0 spiro atoms. The summed E-state index contributed by atoms with van der Waals surface area (Å²) in [5.41, 5.74) is 3.20. The molecule has 0 radical (unpaired) electrons. The van der Waals surface area contributed by atoms with E-state index in [1.807, 2.05) is 50.4 Å². The Morgan fingerprint density at radius 2 is 1.96 bits per heavy atom. The Morgan fingerprint density at radius 1 is 1.22 bits per heavy atom. The van der Waals surface area contributed by atoms with Gasteiger partial charge >= 0.3 is 0 Å². The van der Waals surface area contributed by atoms with E-state index < -0.39 is 5.25 Å². The summed E-state index contributed by atoms with van der Waals surface area (Å²) in [4.78, 5) is 31.0. The monoisotopic (exact) mass is 378 g/mol. The molecule has 1 heterocycles.